The SMILES string of the molecule is CCCCCCCCCCCCCCCCCCCCCCCCCOCC(COP(=O)(O)OCC[N+](C)(C)C)OC(=O)CCCCCCCC. The number of esters is 1. The van der Waals surface area contributed by atoms with E-state index in [-0.39, 0.29) is 25.8 Å². The van der Waals surface area contributed by atoms with Gasteiger partial charge in [0.15, 0.2) is 0 Å². The number of quaternary nitrogens is 1. The molecule has 0 saturated heterocycles. The third-order valence-electron chi connectivity index (χ3n) is 9.67. The number of likely N-dealkylation sites (N-methyl/N-ethyl adjacent to an activating group) is 1. The molecule has 0 spiro atoms. The van der Waals surface area contributed by atoms with Crippen molar-refractivity contribution in [1.29, 1.82) is 0 Å². The first-order chi connectivity index (χ1) is 24.6. The van der Waals surface area contributed by atoms with E-state index in [9.17, 15) is 14.3 Å². The van der Waals surface area contributed by atoms with Crippen molar-refractivity contribution < 1.29 is 37.3 Å². The molecule has 0 aliphatic carbocycles. The number of carbonyl (C=O) groups is 1. The van der Waals surface area contributed by atoms with Gasteiger partial charge in [-0.05, 0) is 12.8 Å². The van der Waals surface area contributed by atoms with Crippen LogP contribution in [-0.4, -0.2) is 75.6 Å². The Kier molecular flexibility index (Phi) is 36.1. The quantitative estimate of drug-likeness (QED) is 0.0288. The van der Waals surface area contributed by atoms with Crippen molar-refractivity contribution >= 4 is 13.8 Å². The fraction of sp³-hybridized carbons (Fsp3) is 0.976. The monoisotopic (exact) mass is 749 g/mol. The van der Waals surface area contributed by atoms with Gasteiger partial charge in [-0.15, -0.1) is 0 Å². The number of phosphoric ester groups is 1. The lowest BCUT2D eigenvalue weighted by atomic mass is 10.0. The van der Waals surface area contributed by atoms with E-state index in [0.717, 1.165) is 32.1 Å². The molecule has 0 aromatic carbocycles. The maximum absolute atomic E-state index is 12.5. The Labute approximate surface area is 317 Å². The van der Waals surface area contributed by atoms with Crippen molar-refractivity contribution in [2.75, 3.05) is 54.1 Å². The van der Waals surface area contributed by atoms with E-state index < -0.39 is 13.9 Å². The summed E-state index contributed by atoms with van der Waals surface area (Å²) >= 11 is 0. The van der Waals surface area contributed by atoms with Crippen LogP contribution >= 0.6 is 7.82 Å². The molecule has 0 heterocycles. The Morgan fingerprint density at radius 2 is 0.902 bits per heavy atom. The summed E-state index contributed by atoms with van der Waals surface area (Å²) in [4.78, 5) is 22.6. The van der Waals surface area contributed by atoms with Crippen LogP contribution in [0.3, 0.4) is 0 Å². The Hall–Kier alpha value is -0.500. The highest BCUT2D eigenvalue weighted by Crippen LogP contribution is 2.43. The average molecular weight is 749 g/mol. The molecule has 0 saturated carbocycles. The number of nitrogens with zero attached hydrogens (tertiary/aromatic N) is 1. The topological polar surface area (TPSA) is 91.3 Å². The molecule has 0 bridgehead atoms. The summed E-state index contributed by atoms with van der Waals surface area (Å²) in [5.41, 5.74) is 0. The van der Waals surface area contributed by atoms with Crippen LogP contribution in [0.4, 0.5) is 0 Å². The second kappa shape index (κ2) is 36.5. The van der Waals surface area contributed by atoms with Gasteiger partial charge < -0.3 is 18.9 Å². The van der Waals surface area contributed by atoms with E-state index in [1.54, 1.807) is 0 Å². The van der Waals surface area contributed by atoms with Crippen LogP contribution in [-0.2, 0) is 27.9 Å². The molecular weight excluding hydrogens is 661 g/mol. The first-order valence-electron chi connectivity index (χ1n) is 21.8. The zero-order chi connectivity index (χ0) is 37.7. The Morgan fingerprint density at radius 1 is 0.529 bits per heavy atom. The third kappa shape index (κ3) is 40.5. The van der Waals surface area contributed by atoms with Gasteiger partial charge in [-0.25, -0.2) is 4.57 Å². The second-order valence-electron chi connectivity index (χ2n) is 16.1. The summed E-state index contributed by atoms with van der Waals surface area (Å²) in [6.07, 6.45) is 37.4. The number of ether oxygens (including phenoxy) is 2. The predicted octanol–water partition coefficient (Wildman–Crippen LogP) is 12.5. The molecular formula is C42H87NO7P+. The molecule has 0 fully saturated rings. The predicted molar refractivity (Wildman–Crippen MR) is 215 cm³/mol. The van der Waals surface area contributed by atoms with Gasteiger partial charge in [0.1, 0.15) is 19.3 Å². The van der Waals surface area contributed by atoms with Gasteiger partial charge in [0.2, 0.25) is 0 Å². The van der Waals surface area contributed by atoms with Gasteiger partial charge in [-0.2, -0.15) is 0 Å². The summed E-state index contributed by atoms with van der Waals surface area (Å²) < 4.78 is 34.8. The van der Waals surface area contributed by atoms with Crippen molar-refractivity contribution in [3.8, 4) is 0 Å². The lowest BCUT2D eigenvalue weighted by Crippen LogP contribution is -2.37. The van der Waals surface area contributed by atoms with Crippen LogP contribution in [0.2, 0.25) is 0 Å². The van der Waals surface area contributed by atoms with Gasteiger partial charge in [0.05, 0.1) is 34.4 Å². The third-order valence-corrected chi connectivity index (χ3v) is 10.7. The summed E-state index contributed by atoms with van der Waals surface area (Å²) in [5.74, 6) is -0.319. The number of hydrogen-bond acceptors (Lipinski definition) is 6. The van der Waals surface area contributed by atoms with Crippen LogP contribution in [0, 0.1) is 0 Å². The summed E-state index contributed by atoms with van der Waals surface area (Å²) in [7, 11) is 1.68. The Bertz CT molecular complexity index is 792. The minimum absolute atomic E-state index is 0.0931. The van der Waals surface area contributed by atoms with Crippen LogP contribution in [0.1, 0.15) is 206 Å². The Morgan fingerprint density at radius 3 is 1.29 bits per heavy atom. The van der Waals surface area contributed by atoms with Gasteiger partial charge >= 0.3 is 13.8 Å². The molecule has 0 amide bonds. The molecule has 2 unspecified atom stereocenters. The summed E-state index contributed by atoms with van der Waals surface area (Å²) in [5, 5.41) is 0. The van der Waals surface area contributed by atoms with Crippen molar-refractivity contribution in [1.82, 2.24) is 0 Å². The van der Waals surface area contributed by atoms with Crippen molar-refractivity contribution in [2.24, 2.45) is 0 Å². The molecule has 306 valence electrons. The minimum Gasteiger partial charge on any atom is -0.457 e. The molecule has 8 nitrogen and oxygen atoms in total. The van der Waals surface area contributed by atoms with Crippen LogP contribution < -0.4 is 0 Å². The van der Waals surface area contributed by atoms with Gasteiger partial charge in [-0.1, -0.05) is 187 Å². The highest BCUT2D eigenvalue weighted by Gasteiger charge is 2.26. The zero-order valence-electron chi connectivity index (χ0n) is 34.6. The molecule has 1 N–H and O–H groups in total. The fourth-order valence-corrected chi connectivity index (χ4v) is 7.00. The average Bonchev–Trinajstić information content (AvgIpc) is 3.08. The first kappa shape index (κ1) is 50.5. The van der Waals surface area contributed by atoms with E-state index >= 15 is 0 Å². The summed E-state index contributed by atoms with van der Waals surface area (Å²) in [6, 6.07) is 0. The van der Waals surface area contributed by atoms with Crippen molar-refractivity contribution in [3.05, 3.63) is 0 Å². The molecule has 0 aliphatic rings. The largest absolute Gasteiger partial charge is 0.472 e. The van der Waals surface area contributed by atoms with Gasteiger partial charge in [-0.3, -0.25) is 13.8 Å². The van der Waals surface area contributed by atoms with E-state index in [2.05, 4.69) is 13.8 Å². The highest BCUT2D eigenvalue weighted by atomic mass is 31.2. The smallest absolute Gasteiger partial charge is 0.457 e. The lowest BCUT2D eigenvalue weighted by Gasteiger charge is -2.24. The highest BCUT2D eigenvalue weighted by molar-refractivity contribution is 7.47. The van der Waals surface area contributed by atoms with E-state index in [1.807, 2.05) is 21.1 Å². The minimum atomic E-state index is -4.25. The van der Waals surface area contributed by atoms with E-state index in [1.165, 1.54) is 154 Å². The zero-order valence-corrected chi connectivity index (χ0v) is 35.5. The first-order valence-corrected chi connectivity index (χ1v) is 23.3. The number of unbranched alkanes of at least 4 members (excludes halogenated alkanes) is 27. The molecule has 0 aromatic heterocycles. The maximum Gasteiger partial charge on any atom is 0.472 e. The molecule has 2 atom stereocenters. The Balaban J connectivity index is 3.91. The standard InChI is InChI=1S/C42H86NO7P/c1-6-8-10-12-14-15-16-17-18-19-20-21-22-23-24-25-26-27-28-29-30-32-34-37-47-39-41(50-42(44)35-33-31-13-11-9-7-2)40-49-51(45,46)48-38-36-43(3,4)5/h41H,6-40H2,1-5H3/p+1. The van der Waals surface area contributed by atoms with Crippen molar-refractivity contribution in [3.63, 3.8) is 0 Å². The number of hydrogen-bond donors (Lipinski definition) is 1. The second-order valence-corrected chi connectivity index (χ2v) is 17.5. The maximum atomic E-state index is 12.5. The molecule has 0 aliphatic heterocycles. The van der Waals surface area contributed by atoms with E-state index in [0.29, 0.717) is 24.1 Å². The van der Waals surface area contributed by atoms with Crippen LogP contribution in [0.15, 0.2) is 0 Å². The van der Waals surface area contributed by atoms with Gasteiger partial charge in [0.25, 0.3) is 0 Å². The van der Waals surface area contributed by atoms with E-state index in [4.69, 9.17) is 18.5 Å². The molecule has 0 radical (unpaired) electrons. The fourth-order valence-electron chi connectivity index (χ4n) is 6.26. The molecule has 51 heavy (non-hydrogen) atoms. The van der Waals surface area contributed by atoms with Gasteiger partial charge in [0, 0.05) is 13.0 Å². The van der Waals surface area contributed by atoms with Crippen molar-refractivity contribution in [2.45, 2.75) is 213 Å². The van der Waals surface area contributed by atoms with Crippen LogP contribution in [0.25, 0.3) is 0 Å². The normalized spacial score (nSPS) is 13.8. The summed E-state index contributed by atoms with van der Waals surface area (Å²) in [6.45, 7) is 5.61. The van der Waals surface area contributed by atoms with Crippen LogP contribution in [0.5, 0.6) is 0 Å². The number of carbonyl (C=O) groups excluding carboxylic acids is 1. The molecule has 9 heteroatoms. The molecule has 0 rings (SSSR count). The molecule has 0 aromatic rings. The number of phosphoric acid groups is 1. The number of rotatable bonds is 41. The lowest BCUT2D eigenvalue weighted by molar-refractivity contribution is -0.870.